The van der Waals surface area contributed by atoms with Gasteiger partial charge in [0.2, 0.25) is 0 Å². The van der Waals surface area contributed by atoms with Crippen LogP contribution >= 0.6 is 0 Å². The highest BCUT2D eigenvalue weighted by Gasteiger charge is 2.02. The maximum absolute atomic E-state index is 10.4. The van der Waals surface area contributed by atoms with E-state index in [2.05, 4.69) is 38.3 Å². The first-order valence-electron chi connectivity index (χ1n) is 8.17. The molecule has 25 heavy (non-hydrogen) atoms. The van der Waals surface area contributed by atoms with Crippen LogP contribution in [0.4, 0.5) is 0 Å². The summed E-state index contributed by atoms with van der Waals surface area (Å²) < 4.78 is 4.43. The highest BCUT2D eigenvalue weighted by molar-refractivity contribution is 5.85. The Morgan fingerprint density at radius 3 is 1.84 bits per heavy atom. The van der Waals surface area contributed by atoms with Gasteiger partial charge in [0.15, 0.2) is 0 Å². The van der Waals surface area contributed by atoms with Crippen molar-refractivity contribution in [3.05, 3.63) is 37.5 Å². The van der Waals surface area contributed by atoms with Crippen molar-refractivity contribution in [2.24, 2.45) is 5.92 Å². The van der Waals surface area contributed by atoms with E-state index in [1.165, 1.54) is 12.8 Å². The van der Waals surface area contributed by atoms with Gasteiger partial charge in [-0.05, 0) is 25.7 Å². The number of carbonyl (C=O) groups is 3. The summed E-state index contributed by atoms with van der Waals surface area (Å²) in [6.07, 6.45) is 7.11. The summed E-state index contributed by atoms with van der Waals surface area (Å²) in [6.45, 7) is 16.2. The predicted octanol–water partition coefficient (Wildman–Crippen LogP) is 4.23. The Balaban J connectivity index is -0.000000337. The number of carboxylic acids is 2. The van der Waals surface area contributed by atoms with Crippen LogP contribution in [0.15, 0.2) is 37.5 Å². The van der Waals surface area contributed by atoms with E-state index < -0.39 is 11.9 Å². The van der Waals surface area contributed by atoms with Crippen LogP contribution in [0, 0.1) is 5.92 Å². The van der Waals surface area contributed by atoms with Gasteiger partial charge >= 0.3 is 17.9 Å². The fourth-order valence-electron chi connectivity index (χ4n) is 1.38. The lowest BCUT2D eigenvalue weighted by atomic mass is 10.0. The van der Waals surface area contributed by atoms with Crippen molar-refractivity contribution in [1.82, 2.24) is 0 Å². The lowest BCUT2D eigenvalue weighted by Gasteiger charge is -2.03. The molecule has 0 rings (SSSR count). The minimum Gasteiger partial charge on any atom is -0.478 e. The molecule has 0 radical (unpaired) electrons. The lowest BCUT2D eigenvalue weighted by molar-refractivity contribution is -0.137. The summed E-state index contributed by atoms with van der Waals surface area (Å²) >= 11 is 0. The number of aliphatic carboxylic acids is 2. The molecule has 0 aliphatic rings. The van der Waals surface area contributed by atoms with Crippen molar-refractivity contribution in [2.75, 3.05) is 6.61 Å². The van der Waals surface area contributed by atoms with Crippen LogP contribution < -0.4 is 0 Å². The standard InChI is InChI=1S/C11H20O2.C5H8O2.C3H4O2/c1-9(2)7-5-4-6-8-10(3)11(12)13;1-3-5(6)7-4-2;1-2-3(4)5/h9H,3-8H2,1-2H3,(H,12,13);3H,1,4H2,2H3;2H,1H2,(H,4,5). The Bertz CT molecular complexity index is 424. The normalized spacial score (nSPS) is 8.80. The van der Waals surface area contributed by atoms with E-state index in [4.69, 9.17) is 10.2 Å². The average molecular weight is 356 g/mol. The molecule has 0 amide bonds. The molecule has 0 saturated carbocycles. The monoisotopic (exact) mass is 356 g/mol. The molecule has 6 heteroatoms. The number of hydrogen-bond acceptors (Lipinski definition) is 4. The largest absolute Gasteiger partial charge is 0.478 e. The zero-order valence-electron chi connectivity index (χ0n) is 15.6. The van der Waals surface area contributed by atoms with Gasteiger partial charge < -0.3 is 14.9 Å². The third kappa shape index (κ3) is 30.1. The van der Waals surface area contributed by atoms with Crippen molar-refractivity contribution in [3.63, 3.8) is 0 Å². The number of unbranched alkanes of at least 4 members (excludes halogenated alkanes) is 2. The summed E-state index contributed by atoms with van der Waals surface area (Å²) in [7, 11) is 0. The Kier molecular flexibility index (Phi) is 21.6. The van der Waals surface area contributed by atoms with Crippen molar-refractivity contribution in [3.8, 4) is 0 Å². The van der Waals surface area contributed by atoms with E-state index in [1.807, 2.05) is 0 Å². The molecular formula is C19H32O6. The Hall–Kier alpha value is -2.37. The molecule has 0 aromatic heterocycles. The van der Waals surface area contributed by atoms with Crippen LogP contribution in [0.2, 0.25) is 0 Å². The Morgan fingerprint density at radius 2 is 1.56 bits per heavy atom. The molecule has 0 heterocycles. The van der Waals surface area contributed by atoms with Gasteiger partial charge in [-0.25, -0.2) is 14.4 Å². The first-order valence-corrected chi connectivity index (χ1v) is 8.17. The fraction of sp³-hybridized carbons (Fsp3) is 0.526. The van der Waals surface area contributed by atoms with Gasteiger partial charge in [0.25, 0.3) is 0 Å². The van der Waals surface area contributed by atoms with Crippen LogP contribution in [-0.4, -0.2) is 34.7 Å². The van der Waals surface area contributed by atoms with Gasteiger partial charge in [0.1, 0.15) is 0 Å². The number of hydrogen-bond donors (Lipinski definition) is 2. The van der Waals surface area contributed by atoms with E-state index >= 15 is 0 Å². The zero-order chi connectivity index (χ0) is 20.3. The molecule has 0 unspecified atom stereocenters. The number of carboxylic acid groups (broad SMARTS) is 2. The fourth-order valence-corrected chi connectivity index (χ4v) is 1.38. The van der Waals surface area contributed by atoms with Crippen LogP contribution in [-0.2, 0) is 19.1 Å². The second-order valence-corrected chi connectivity index (χ2v) is 5.40. The molecule has 0 aliphatic carbocycles. The van der Waals surface area contributed by atoms with Gasteiger partial charge in [0.05, 0.1) is 6.61 Å². The van der Waals surface area contributed by atoms with Crippen LogP contribution in [0.1, 0.15) is 52.9 Å². The maximum Gasteiger partial charge on any atom is 0.330 e. The van der Waals surface area contributed by atoms with E-state index in [-0.39, 0.29) is 5.97 Å². The number of carbonyl (C=O) groups excluding carboxylic acids is 1. The minimum atomic E-state index is -0.981. The summed E-state index contributed by atoms with van der Waals surface area (Å²) in [5.41, 5.74) is 0.338. The highest BCUT2D eigenvalue weighted by Crippen LogP contribution is 2.12. The van der Waals surface area contributed by atoms with Crippen molar-refractivity contribution < 1.29 is 29.3 Å². The van der Waals surface area contributed by atoms with Crippen molar-refractivity contribution in [1.29, 1.82) is 0 Å². The van der Waals surface area contributed by atoms with E-state index in [1.54, 1.807) is 6.92 Å². The summed E-state index contributed by atoms with van der Waals surface area (Å²) in [4.78, 5) is 29.7. The molecule has 0 spiro atoms. The molecule has 0 atom stereocenters. The lowest BCUT2D eigenvalue weighted by Crippen LogP contribution is -1.98. The first-order chi connectivity index (χ1) is 11.6. The maximum atomic E-state index is 10.4. The number of rotatable bonds is 10. The second kappa shape index (κ2) is 19.7. The van der Waals surface area contributed by atoms with Crippen LogP contribution in [0.5, 0.6) is 0 Å². The molecule has 6 nitrogen and oxygen atoms in total. The topological polar surface area (TPSA) is 101 Å². The quantitative estimate of drug-likeness (QED) is 0.345. The third-order valence-corrected chi connectivity index (χ3v) is 2.69. The zero-order valence-corrected chi connectivity index (χ0v) is 15.6. The van der Waals surface area contributed by atoms with Gasteiger partial charge in [0, 0.05) is 17.7 Å². The summed E-state index contributed by atoms with van der Waals surface area (Å²) in [5, 5.41) is 16.1. The van der Waals surface area contributed by atoms with Gasteiger partial charge in [-0.1, -0.05) is 52.8 Å². The molecule has 0 aromatic carbocycles. The van der Waals surface area contributed by atoms with Gasteiger partial charge in [-0.15, -0.1) is 0 Å². The van der Waals surface area contributed by atoms with Crippen LogP contribution in [0.25, 0.3) is 0 Å². The minimum absolute atomic E-state index is 0.338. The van der Waals surface area contributed by atoms with Gasteiger partial charge in [-0.2, -0.15) is 0 Å². The third-order valence-electron chi connectivity index (χ3n) is 2.69. The van der Waals surface area contributed by atoms with Gasteiger partial charge in [-0.3, -0.25) is 0 Å². The molecular weight excluding hydrogens is 324 g/mol. The van der Waals surface area contributed by atoms with E-state index in [0.717, 1.165) is 30.9 Å². The molecule has 0 aliphatic heterocycles. The second-order valence-electron chi connectivity index (χ2n) is 5.40. The summed E-state index contributed by atoms with van der Waals surface area (Å²) in [5.74, 6) is -1.45. The van der Waals surface area contributed by atoms with E-state index in [0.29, 0.717) is 18.6 Å². The Labute approximate surface area is 150 Å². The van der Waals surface area contributed by atoms with Crippen molar-refractivity contribution >= 4 is 17.9 Å². The smallest absolute Gasteiger partial charge is 0.330 e. The Morgan fingerprint density at radius 1 is 1.04 bits per heavy atom. The highest BCUT2D eigenvalue weighted by atomic mass is 16.5. The molecule has 0 aromatic rings. The number of ether oxygens (including phenoxy) is 1. The summed E-state index contributed by atoms with van der Waals surface area (Å²) in [6, 6.07) is 0. The van der Waals surface area contributed by atoms with E-state index in [9.17, 15) is 14.4 Å². The van der Waals surface area contributed by atoms with Crippen molar-refractivity contribution in [2.45, 2.75) is 52.9 Å². The molecule has 2 N–H and O–H groups in total. The predicted molar refractivity (Wildman–Crippen MR) is 99.4 cm³/mol. The first kappa shape index (κ1) is 27.5. The molecule has 144 valence electrons. The molecule has 0 saturated heterocycles. The SMILES string of the molecule is C=C(CCCCCC(C)C)C(=O)O.C=CC(=O)O.C=CC(=O)OCC. The average Bonchev–Trinajstić information content (AvgIpc) is 2.55. The molecule has 0 fully saturated rings. The van der Waals surface area contributed by atoms with Crippen LogP contribution in [0.3, 0.4) is 0 Å². The molecule has 0 bridgehead atoms. The number of esters is 1.